The van der Waals surface area contributed by atoms with Crippen molar-refractivity contribution in [3.05, 3.63) is 11.1 Å². The maximum atomic E-state index is 11.4. The summed E-state index contributed by atoms with van der Waals surface area (Å²) < 4.78 is 10.5. The van der Waals surface area contributed by atoms with Crippen LogP contribution in [0.2, 0.25) is 0 Å². The molecule has 2 rings (SSSR count). The minimum Gasteiger partial charge on any atom is -0.464 e. The predicted octanol–water partition coefficient (Wildman–Crippen LogP) is 1.93. The van der Waals surface area contributed by atoms with Gasteiger partial charge in [-0.05, 0) is 20.8 Å². The number of nitrogens with zero attached hydrogens (tertiary/aromatic N) is 2. The maximum Gasteiger partial charge on any atom is 0.357 e. The molecule has 1 aromatic heterocycles. The Hall–Kier alpha value is -1.14. The van der Waals surface area contributed by atoms with Gasteiger partial charge in [0.1, 0.15) is 0 Å². The number of morpholine rings is 1. The number of aromatic nitrogens is 1. The van der Waals surface area contributed by atoms with Gasteiger partial charge in [-0.15, -0.1) is 11.3 Å². The van der Waals surface area contributed by atoms with Crippen LogP contribution in [0.4, 0.5) is 5.13 Å². The van der Waals surface area contributed by atoms with Crippen LogP contribution >= 0.6 is 11.3 Å². The summed E-state index contributed by atoms with van der Waals surface area (Å²) in [4.78, 5) is 17.9. The van der Waals surface area contributed by atoms with Crippen molar-refractivity contribution in [2.24, 2.45) is 0 Å². The molecule has 1 aliphatic heterocycles. The molecule has 0 amide bonds. The second-order valence-corrected chi connectivity index (χ2v) is 5.91. The topological polar surface area (TPSA) is 51.7 Å². The zero-order chi connectivity index (χ0) is 13.3. The summed E-state index contributed by atoms with van der Waals surface area (Å²) in [5.74, 6) is -0.391. The van der Waals surface area contributed by atoms with Crippen LogP contribution in [0, 0.1) is 0 Å². The molecule has 0 aliphatic carbocycles. The number of carbonyl (C=O) groups is 1. The Bertz CT molecular complexity index is 444. The molecule has 1 aliphatic rings. The smallest absolute Gasteiger partial charge is 0.357 e. The summed E-state index contributed by atoms with van der Waals surface area (Å²) in [6, 6.07) is 0. The SMILES string of the molecule is COC(=O)c1csc(N2CC(C)OC(C)(C)C2)n1. The summed E-state index contributed by atoms with van der Waals surface area (Å²) in [7, 11) is 1.36. The molecule has 0 N–H and O–H groups in total. The van der Waals surface area contributed by atoms with Crippen molar-refractivity contribution in [2.75, 3.05) is 25.1 Å². The molecule has 1 saturated heterocycles. The number of carbonyl (C=O) groups excluding carboxylic acids is 1. The largest absolute Gasteiger partial charge is 0.464 e. The number of esters is 1. The highest BCUT2D eigenvalue weighted by molar-refractivity contribution is 7.13. The van der Waals surface area contributed by atoms with E-state index in [4.69, 9.17) is 4.74 Å². The number of ether oxygens (including phenoxy) is 2. The standard InChI is InChI=1S/C12H18N2O3S/c1-8-5-14(7-12(2,3)17-8)11-13-9(6-18-11)10(15)16-4/h6,8H,5,7H2,1-4H3. The molecule has 5 nitrogen and oxygen atoms in total. The van der Waals surface area contributed by atoms with E-state index in [0.29, 0.717) is 5.69 Å². The molecular formula is C12H18N2O3S. The lowest BCUT2D eigenvalue weighted by Crippen LogP contribution is -2.52. The van der Waals surface area contributed by atoms with E-state index in [-0.39, 0.29) is 11.7 Å². The molecule has 1 fully saturated rings. The van der Waals surface area contributed by atoms with Gasteiger partial charge in [-0.2, -0.15) is 0 Å². The van der Waals surface area contributed by atoms with Crippen molar-refractivity contribution in [1.82, 2.24) is 4.98 Å². The number of hydrogen-bond acceptors (Lipinski definition) is 6. The summed E-state index contributed by atoms with van der Waals surface area (Å²) in [6.45, 7) is 7.72. The van der Waals surface area contributed by atoms with Crippen molar-refractivity contribution in [3.8, 4) is 0 Å². The number of hydrogen-bond donors (Lipinski definition) is 0. The Balaban J connectivity index is 2.16. The van der Waals surface area contributed by atoms with Gasteiger partial charge in [0.25, 0.3) is 0 Å². The monoisotopic (exact) mass is 270 g/mol. The van der Waals surface area contributed by atoms with Crippen molar-refractivity contribution in [1.29, 1.82) is 0 Å². The molecule has 18 heavy (non-hydrogen) atoms. The van der Waals surface area contributed by atoms with Gasteiger partial charge in [0, 0.05) is 18.5 Å². The van der Waals surface area contributed by atoms with E-state index in [0.717, 1.165) is 18.2 Å². The average molecular weight is 270 g/mol. The molecule has 0 radical (unpaired) electrons. The highest BCUT2D eigenvalue weighted by Crippen LogP contribution is 2.28. The van der Waals surface area contributed by atoms with Gasteiger partial charge in [-0.25, -0.2) is 9.78 Å². The first kappa shape index (κ1) is 13.3. The van der Waals surface area contributed by atoms with Crippen LogP contribution in [0.25, 0.3) is 0 Å². The second-order valence-electron chi connectivity index (χ2n) is 5.08. The van der Waals surface area contributed by atoms with E-state index in [1.165, 1.54) is 18.4 Å². The highest BCUT2D eigenvalue weighted by Gasteiger charge is 2.32. The third kappa shape index (κ3) is 2.81. The normalized spacial score (nSPS) is 22.9. The molecule has 0 saturated carbocycles. The van der Waals surface area contributed by atoms with Gasteiger partial charge in [0.05, 0.1) is 18.8 Å². The maximum absolute atomic E-state index is 11.4. The molecule has 0 spiro atoms. The summed E-state index contributed by atoms with van der Waals surface area (Å²) in [6.07, 6.45) is 0.152. The van der Waals surface area contributed by atoms with Gasteiger partial charge < -0.3 is 14.4 Å². The van der Waals surface area contributed by atoms with Crippen molar-refractivity contribution >= 4 is 22.4 Å². The molecule has 0 aromatic carbocycles. The van der Waals surface area contributed by atoms with Gasteiger partial charge in [-0.1, -0.05) is 0 Å². The van der Waals surface area contributed by atoms with E-state index in [9.17, 15) is 4.79 Å². The molecule has 100 valence electrons. The van der Waals surface area contributed by atoms with Gasteiger partial charge in [0.15, 0.2) is 10.8 Å². The van der Waals surface area contributed by atoms with Crippen LogP contribution < -0.4 is 4.90 Å². The first-order valence-corrected chi connectivity index (χ1v) is 6.76. The fourth-order valence-electron chi connectivity index (χ4n) is 2.21. The van der Waals surface area contributed by atoms with E-state index >= 15 is 0 Å². The predicted molar refractivity (Wildman–Crippen MR) is 70.3 cm³/mol. The minimum atomic E-state index is -0.391. The zero-order valence-electron chi connectivity index (χ0n) is 11.1. The third-order valence-corrected chi connectivity index (χ3v) is 3.63. The Kier molecular flexibility index (Phi) is 3.59. The molecule has 0 bridgehead atoms. The number of rotatable bonds is 2. The number of methoxy groups -OCH3 is 1. The third-order valence-electron chi connectivity index (χ3n) is 2.73. The van der Waals surface area contributed by atoms with Crippen molar-refractivity contribution < 1.29 is 14.3 Å². The zero-order valence-corrected chi connectivity index (χ0v) is 11.9. The first-order chi connectivity index (χ1) is 8.41. The molecule has 6 heteroatoms. The van der Waals surface area contributed by atoms with Crippen molar-refractivity contribution in [2.45, 2.75) is 32.5 Å². The Morgan fingerprint density at radius 2 is 2.39 bits per heavy atom. The molecule has 2 heterocycles. The summed E-state index contributed by atoms with van der Waals surface area (Å²) >= 11 is 1.46. The van der Waals surface area contributed by atoms with E-state index in [1.807, 2.05) is 6.92 Å². The molecule has 1 unspecified atom stereocenters. The quantitative estimate of drug-likeness (QED) is 0.769. The first-order valence-electron chi connectivity index (χ1n) is 5.88. The van der Waals surface area contributed by atoms with Gasteiger partial charge in [0.2, 0.25) is 0 Å². The van der Waals surface area contributed by atoms with E-state index in [2.05, 4.69) is 28.5 Å². The Morgan fingerprint density at radius 1 is 1.67 bits per heavy atom. The van der Waals surface area contributed by atoms with E-state index < -0.39 is 5.97 Å². The van der Waals surface area contributed by atoms with Crippen LogP contribution in [-0.2, 0) is 9.47 Å². The van der Waals surface area contributed by atoms with E-state index in [1.54, 1.807) is 5.38 Å². The Labute approximate surface area is 111 Å². The molecule has 1 atom stereocenters. The number of thiazole rings is 1. The fourth-order valence-corrected chi connectivity index (χ4v) is 3.01. The minimum absolute atomic E-state index is 0.152. The molecular weight excluding hydrogens is 252 g/mol. The highest BCUT2D eigenvalue weighted by atomic mass is 32.1. The molecule has 1 aromatic rings. The number of anilines is 1. The fraction of sp³-hybridized carbons (Fsp3) is 0.667. The summed E-state index contributed by atoms with van der Waals surface area (Å²) in [5, 5.41) is 2.58. The average Bonchev–Trinajstić information content (AvgIpc) is 2.74. The van der Waals surface area contributed by atoms with Crippen LogP contribution in [0.5, 0.6) is 0 Å². The van der Waals surface area contributed by atoms with Crippen LogP contribution in [-0.4, -0.2) is 42.9 Å². The van der Waals surface area contributed by atoms with Crippen LogP contribution in [0.15, 0.2) is 5.38 Å². The Morgan fingerprint density at radius 3 is 3.00 bits per heavy atom. The second kappa shape index (κ2) is 4.85. The lowest BCUT2D eigenvalue weighted by Gasteiger charge is -2.41. The van der Waals surface area contributed by atoms with Crippen LogP contribution in [0.3, 0.4) is 0 Å². The van der Waals surface area contributed by atoms with Crippen molar-refractivity contribution in [3.63, 3.8) is 0 Å². The van der Waals surface area contributed by atoms with Gasteiger partial charge in [-0.3, -0.25) is 0 Å². The van der Waals surface area contributed by atoms with Crippen LogP contribution in [0.1, 0.15) is 31.3 Å². The lowest BCUT2D eigenvalue weighted by atomic mass is 10.1. The summed E-state index contributed by atoms with van der Waals surface area (Å²) in [5.41, 5.74) is 0.170. The lowest BCUT2D eigenvalue weighted by molar-refractivity contribution is -0.0749. The van der Waals surface area contributed by atoms with Gasteiger partial charge >= 0.3 is 5.97 Å².